The van der Waals surface area contributed by atoms with E-state index >= 15 is 0 Å². The molecule has 2 aromatic heterocycles. The Balaban J connectivity index is 0.000000707. The summed E-state index contributed by atoms with van der Waals surface area (Å²) in [5.74, 6) is 1.00. The summed E-state index contributed by atoms with van der Waals surface area (Å²) >= 11 is 0. The molecule has 6 nitrogen and oxygen atoms in total. The zero-order chi connectivity index (χ0) is 21.1. The molecule has 4 aromatic rings. The van der Waals surface area contributed by atoms with E-state index in [1.54, 1.807) is 0 Å². The number of benzene rings is 2. The van der Waals surface area contributed by atoms with E-state index in [1.165, 1.54) is 16.1 Å². The summed E-state index contributed by atoms with van der Waals surface area (Å²) < 4.78 is 1.36. The maximum Gasteiger partial charge on any atom is 0.274 e. The number of rotatable bonds is 5. The second kappa shape index (κ2) is 11.6. The molecule has 0 saturated heterocycles. The van der Waals surface area contributed by atoms with Gasteiger partial charge in [0.25, 0.3) is 11.3 Å². The monoisotopic (exact) mass is 391 g/mol. The van der Waals surface area contributed by atoms with Gasteiger partial charge in [-0.2, -0.15) is 9.50 Å². The summed E-state index contributed by atoms with van der Waals surface area (Å²) in [5.41, 5.74) is 2.60. The lowest BCUT2D eigenvalue weighted by Gasteiger charge is -2.04. The van der Waals surface area contributed by atoms with E-state index in [9.17, 15) is 4.79 Å². The van der Waals surface area contributed by atoms with Crippen molar-refractivity contribution in [2.24, 2.45) is 0 Å². The van der Waals surface area contributed by atoms with Crippen LogP contribution >= 0.6 is 0 Å². The molecule has 0 amide bonds. The SMILES string of the molecule is CC.CC.O=c1cc(CNCc2ccccc2)nc2nc(-c3ccccc3)[nH]n12. The van der Waals surface area contributed by atoms with Gasteiger partial charge in [-0.05, 0) is 5.56 Å². The Labute approximate surface area is 171 Å². The molecule has 0 aliphatic heterocycles. The molecule has 2 aromatic carbocycles. The van der Waals surface area contributed by atoms with E-state index in [0.29, 0.717) is 23.8 Å². The van der Waals surface area contributed by atoms with E-state index in [-0.39, 0.29) is 5.56 Å². The van der Waals surface area contributed by atoms with E-state index in [4.69, 9.17) is 0 Å². The first-order valence-corrected chi connectivity index (χ1v) is 10.1. The first-order valence-electron chi connectivity index (χ1n) is 10.1. The van der Waals surface area contributed by atoms with Crippen LogP contribution in [-0.2, 0) is 13.1 Å². The van der Waals surface area contributed by atoms with Crippen LogP contribution in [0.25, 0.3) is 17.2 Å². The maximum absolute atomic E-state index is 12.3. The molecule has 0 spiro atoms. The number of nitrogens with one attached hydrogen (secondary N) is 2. The lowest BCUT2D eigenvalue weighted by molar-refractivity contribution is 0.676. The van der Waals surface area contributed by atoms with Crippen LogP contribution < -0.4 is 10.9 Å². The van der Waals surface area contributed by atoms with Gasteiger partial charge in [0.05, 0.1) is 5.69 Å². The largest absolute Gasteiger partial charge is 0.307 e. The van der Waals surface area contributed by atoms with E-state index in [2.05, 4.69) is 32.5 Å². The number of aromatic amines is 1. The van der Waals surface area contributed by atoms with Gasteiger partial charge >= 0.3 is 0 Å². The van der Waals surface area contributed by atoms with Crippen molar-refractivity contribution in [3.8, 4) is 11.4 Å². The smallest absolute Gasteiger partial charge is 0.274 e. The van der Waals surface area contributed by atoms with Crippen LogP contribution in [-0.4, -0.2) is 19.6 Å². The Morgan fingerprint density at radius 3 is 2.14 bits per heavy atom. The van der Waals surface area contributed by atoms with Crippen LogP contribution in [0, 0.1) is 0 Å². The molecule has 4 rings (SSSR count). The standard InChI is InChI=1S/C19H17N5O.2C2H6/c25-17-11-16(13-20-12-14-7-3-1-4-8-14)21-19-22-18(23-24(17)19)15-9-5-2-6-10-15;2*1-2/h1-11,20H,12-13H2,(H,21,22,23);2*1-2H3. The average molecular weight is 392 g/mol. The molecule has 2 heterocycles. The maximum atomic E-state index is 12.3. The Kier molecular flexibility index (Phi) is 8.79. The minimum atomic E-state index is -0.170. The van der Waals surface area contributed by atoms with Gasteiger partial charge in [-0.15, -0.1) is 0 Å². The van der Waals surface area contributed by atoms with Crippen LogP contribution in [0.3, 0.4) is 0 Å². The van der Waals surface area contributed by atoms with Gasteiger partial charge in [-0.1, -0.05) is 88.4 Å². The summed E-state index contributed by atoms with van der Waals surface area (Å²) in [6.07, 6.45) is 0. The van der Waals surface area contributed by atoms with Gasteiger partial charge in [-0.25, -0.2) is 4.98 Å². The fourth-order valence-corrected chi connectivity index (χ4v) is 2.67. The zero-order valence-electron chi connectivity index (χ0n) is 17.5. The van der Waals surface area contributed by atoms with Crippen LogP contribution in [0.15, 0.2) is 71.5 Å². The summed E-state index contributed by atoms with van der Waals surface area (Å²) in [5, 5.41) is 6.30. The molecule has 0 unspecified atom stereocenters. The molecule has 0 aliphatic carbocycles. The van der Waals surface area contributed by atoms with E-state index < -0.39 is 0 Å². The van der Waals surface area contributed by atoms with Crippen molar-refractivity contribution in [3.63, 3.8) is 0 Å². The number of fused-ring (bicyclic) bond motifs is 1. The van der Waals surface area contributed by atoms with Gasteiger partial charge in [0.2, 0.25) is 0 Å². The molecule has 2 N–H and O–H groups in total. The van der Waals surface area contributed by atoms with E-state index in [1.807, 2.05) is 76.2 Å². The third-order valence-corrected chi connectivity index (χ3v) is 3.91. The number of H-pyrrole nitrogens is 1. The Morgan fingerprint density at radius 1 is 0.862 bits per heavy atom. The van der Waals surface area contributed by atoms with Crippen LogP contribution in [0.5, 0.6) is 0 Å². The summed E-state index contributed by atoms with van der Waals surface area (Å²) in [4.78, 5) is 21.2. The van der Waals surface area contributed by atoms with Crippen molar-refractivity contribution in [1.82, 2.24) is 24.9 Å². The molecule has 6 heteroatoms. The lowest BCUT2D eigenvalue weighted by Crippen LogP contribution is -2.20. The molecule has 0 fully saturated rings. The molecule has 0 radical (unpaired) electrons. The lowest BCUT2D eigenvalue weighted by atomic mass is 10.2. The van der Waals surface area contributed by atoms with Gasteiger partial charge in [0.1, 0.15) is 0 Å². The van der Waals surface area contributed by atoms with Gasteiger partial charge in [0.15, 0.2) is 5.82 Å². The molecular weight excluding hydrogens is 362 g/mol. The van der Waals surface area contributed by atoms with Crippen molar-refractivity contribution >= 4 is 5.78 Å². The molecule has 29 heavy (non-hydrogen) atoms. The molecule has 0 bridgehead atoms. The number of hydrogen-bond donors (Lipinski definition) is 2. The first kappa shape index (κ1) is 22.0. The van der Waals surface area contributed by atoms with Crippen molar-refractivity contribution in [3.05, 3.63) is 88.3 Å². The average Bonchev–Trinajstić information content (AvgIpc) is 3.23. The third kappa shape index (κ3) is 5.86. The third-order valence-electron chi connectivity index (χ3n) is 3.91. The Morgan fingerprint density at radius 2 is 1.48 bits per heavy atom. The van der Waals surface area contributed by atoms with Crippen LogP contribution in [0.1, 0.15) is 39.0 Å². The topological polar surface area (TPSA) is 75.1 Å². The number of nitrogens with zero attached hydrogens (tertiary/aromatic N) is 3. The highest BCUT2D eigenvalue weighted by Crippen LogP contribution is 2.14. The Bertz CT molecular complexity index is 1040. The fourth-order valence-electron chi connectivity index (χ4n) is 2.67. The van der Waals surface area contributed by atoms with Crippen molar-refractivity contribution in [2.45, 2.75) is 40.8 Å². The van der Waals surface area contributed by atoms with Crippen molar-refractivity contribution in [1.29, 1.82) is 0 Å². The minimum absolute atomic E-state index is 0.170. The Hall–Kier alpha value is -3.25. The highest BCUT2D eigenvalue weighted by Gasteiger charge is 2.09. The predicted molar refractivity (Wildman–Crippen MR) is 119 cm³/mol. The van der Waals surface area contributed by atoms with Crippen LogP contribution in [0.4, 0.5) is 0 Å². The number of hydrogen-bond acceptors (Lipinski definition) is 4. The molecule has 0 atom stereocenters. The molecular formula is C23H29N5O. The number of aromatic nitrogens is 4. The van der Waals surface area contributed by atoms with Gasteiger partial charge < -0.3 is 5.32 Å². The molecule has 152 valence electrons. The summed E-state index contributed by atoms with van der Waals surface area (Å²) in [7, 11) is 0. The summed E-state index contributed by atoms with van der Waals surface area (Å²) in [6.45, 7) is 9.23. The first-order chi connectivity index (χ1) is 14.3. The van der Waals surface area contributed by atoms with Gasteiger partial charge in [0, 0.05) is 24.7 Å². The highest BCUT2D eigenvalue weighted by molar-refractivity contribution is 5.56. The predicted octanol–water partition coefficient (Wildman–Crippen LogP) is 4.43. The normalized spacial score (nSPS) is 9.93. The quantitative estimate of drug-likeness (QED) is 0.528. The fraction of sp³-hybridized carbons (Fsp3) is 0.261. The summed E-state index contributed by atoms with van der Waals surface area (Å²) in [6, 6.07) is 21.3. The molecule has 0 aliphatic rings. The van der Waals surface area contributed by atoms with Gasteiger partial charge in [-0.3, -0.25) is 9.89 Å². The zero-order valence-corrected chi connectivity index (χ0v) is 17.5. The second-order valence-electron chi connectivity index (χ2n) is 5.75. The second-order valence-corrected chi connectivity index (χ2v) is 5.75. The van der Waals surface area contributed by atoms with Crippen molar-refractivity contribution < 1.29 is 0 Å². The molecule has 0 saturated carbocycles. The van der Waals surface area contributed by atoms with Crippen LogP contribution in [0.2, 0.25) is 0 Å². The van der Waals surface area contributed by atoms with E-state index in [0.717, 1.165) is 12.1 Å². The minimum Gasteiger partial charge on any atom is -0.307 e. The van der Waals surface area contributed by atoms with Crippen molar-refractivity contribution in [2.75, 3.05) is 0 Å². The highest BCUT2D eigenvalue weighted by atomic mass is 16.1.